The Labute approximate surface area is 116 Å². The minimum absolute atomic E-state index is 0.498. The lowest BCUT2D eigenvalue weighted by molar-refractivity contribution is 0.220. The number of rotatable bonds is 3. The average Bonchev–Trinajstić information content (AvgIpc) is 2.47. The summed E-state index contributed by atoms with van der Waals surface area (Å²) in [6.45, 7) is 0. The van der Waals surface area contributed by atoms with Crippen LogP contribution in [-0.2, 0) is 0 Å². The number of halogens is 1. The molecule has 1 atom stereocenters. The van der Waals surface area contributed by atoms with E-state index in [9.17, 15) is 5.11 Å². The van der Waals surface area contributed by atoms with E-state index < -0.39 is 6.10 Å². The van der Waals surface area contributed by atoms with Crippen molar-refractivity contribution in [3.63, 3.8) is 0 Å². The number of hydrogen-bond donors (Lipinski definition) is 1. The summed E-state index contributed by atoms with van der Waals surface area (Å²) in [5.74, 6) is 0.520. The molecule has 96 valence electrons. The Kier molecular flexibility index (Phi) is 4.06. The number of ether oxygens (including phenoxy) is 1. The third-order valence-electron chi connectivity index (χ3n) is 2.85. The maximum absolute atomic E-state index is 10.3. The Morgan fingerprint density at radius 3 is 2.37 bits per heavy atom. The highest BCUT2D eigenvalue weighted by Crippen LogP contribution is 2.30. The van der Waals surface area contributed by atoms with Gasteiger partial charge >= 0.3 is 0 Å². The van der Waals surface area contributed by atoms with Crippen LogP contribution in [0.5, 0.6) is 5.75 Å². The molecule has 2 rings (SSSR count). The highest BCUT2D eigenvalue weighted by atomic mass is 35.5. The molecule has 0 heterocycles. The smallest absolute Gasteiger partial charge is 0.137 e. The van der Waals surface area contributed by atoms with Crippen molar-refractivity contribution < 1.29 is 9.84 Å². The third kappa shape index (κ3) is 2.87. The SMILES string of the molecule is COc1cc(C(O)c2ccc(C#N)cc2)ccc1Cl. The van der Waals surface area contributed by atoms with Crippen LogP contribution < -0.4 is 4.74 Å². The van der Waals surface area contributed by atoms with Gasteiger partial charge in [0.1, 0.15) is 11.9 Å². The summed E-state index contributed by atoms with van der Waals surface area (Å²) in [6.07, 6.45) is -0.779. The van der Waals surface area contributed by atoms with E-state index in [4.69, 9.17) is 21.6 Å². The van der Waals surface area contributed by atoms with Gasteiger partial charge in [-0.2, -0.15) is 5.26 Å². The van der Waals surface area contributed by atoms with Crippen LogP contribution in [0.2, 0.25) is 5.02 Å². The van der Waals surface area contributed by atoms with Gasteiger partial charge in [-0.3, -0.25) is 0 Å². The molecule has 0 aliphatic heterocycles. The largest absolute Gasteiger partial charge is 0.495 e. The first-order valence-corrected chi connectivity index (χ1v) is 6.05. The zero-order chi connectivity index (χ0) is 13.8. The van der Waals surface area contributed by atoms with E-state index in [1.54, 1.807) is 42.5 Å². The maximum atomic E-state index is 10.3. The first-order chi connectivity index (χ1) is 9.15. The molecule has 0 aliphatic rings. The van der Waals surface area contributed by atoms with Crippen LogP contribution in [0.15, 0.2) is 42.5 Å². The summed E-state index contributed by atoms with van der Waals surface area (Å²) < 4.78 is 5.12. The highest BCUT2D eigenvalue weighted by Gasteiger charge is 2.12. The molecule has 0 aliphatic carbocycles. The predicted octanol–water partition coefficient (Wildman–Crippen LogP) is 3.30. The van der Waals surface area contributed by atoms with E-state index >= 15 is 0 Å². The van der Waals surface area contributed by atoms with E-state index in [1.165, 1.54) is 7.11 Å². The lowest BCUT2D eigenvalue weighted by Gasteiger charge is -2.13. The quantitative estimate of drug-likeness (QED) is 0.933. The molecule has 19 heavy (non-hydrogen) atoms. The fraction of sp³-hybridized carbons (Fsp3) is 0.133. The molecule has 1 unspecified atom stereocenters. The first-order valence-electron chi connectivity index (χ1n) is 5.67. The zero-order valence-electron chi connectivity index (χ0n) is 10.3. The number of aliphatic hydroxyl groups excluding tert-OH is 1. The Morgan fingerprint density at radius 1 is 1.16 bits per heavy atom. The molecule has 0 fully saturated rings. The van der Waals surface area contributed by atoms with Crippen molar-refractivity contribution in [2.24, 2.45) is 0 Å². The number of aliphatic hydroxyl groups is 1. The van der Waals surface area contributed by atoms with Gasteiger partial charge in [0.2, 0.25) is 0 Å². The fourth-order valence-corrected chi connectivity index (χ4v) is 1.97. The van der Waals surface area contributed by atoms with Gasteiger partial charge in [-0.1, -0.05) is 29.8 Å². The van der Waals surface area contributed by atoms with Gasteiger partial charge < -0.3 is 9.84 Å². The third-order valence-corrected chi connectivity index (χ3v) is 3.16. The van der Waals surface area contributed by atoms with Gasteiger partial charge in [0.05, 0.1) is 23.8 Å². The molecule has 0 saturated heterocycles. The number of nitriles is 1. The van der Waals surface area contributed by atoms with Crippen molar-refractivity contribution in [3.05, 3.63) is 64.2 Å². The minimum Gasteiger partial charge on any atom is -0.495 e. The molecule has 4 heteroatoms. The number of methoxy groups -OCH3 is 1. The second kappa shape index (κ2) is 5.75. The molecule has 0 radical (unpaired) electrons. The van der Waals surface area contributed by atoms with Crippen molar-refractivity contribution in [1.82, 2.24) is 0 Å². The second-order valence-corrected chi connectivity index (χ2v) is 4.44. The highest BCUT2D eigenvalue weighted by molar-refractivity contribution is 6.32. The summed E-state index contributed by atoms with van der Waals surface area (Å²) in [5, 5.41) is 19.5. The molecule has 0 spiro atoms. The van der Waals surface area contributed by atoms with Crippen molar-refractivity contribution in [2.45, 2.75) is 6.10 Å². The molecular weight excluding hydrogens is 262 g/mol. The van der Waals surface area contributed by atoms with Crippen molar-refractivity contribution in [1.29, 1.82) is 5.26 Å². The number of benzene rings is 2. The van der Waals surface area contributed by atoms with Gasteiger partial charge in [-0.05, 0) is 35.4 Å². The molecule has 3 nitrogen and oxygen atoms in total. The summed E-state index contributed by atoms with van der Waals surface area (Å²) in [6, 6.07) is 14.0. The minimum atomic E-state index is -0.779. The first kappa shape index (κ1) is 13.4. The Balaban J connectivity index is 2.32. The normalized spacial score (nSPS) is 11.7. The summed E-state index contributed by atoms with van der Waals surface area (Å²) in [4.78, 5) is 0. The lowest BCUT2D eigenvalue weighted by Crippen LogP contribution is -2.00. The number of hydrogen-bond acceptors (Lipinski definition) is 3. The topological polar surface area (TPSA) is 53.2 Å². The molecular formula is C15H12ClNO2. The van der Waals surface area contributed by atoms with Gasteiger partial charge in [0, 0.05) is 0 Å². The van der Waals surface area contributed by atoms with Crippen LogP contribution in [-0.4, -0.2) is 12.2 Å². The van der Waals surface area contributed by atoms with Crippen molar-refractivity contribution >= 4 is 11.6 Å². The van der Waals surface area contributed by atoms with Gasteiger partial charge in [-0.15, -0.1) is 0 Å². The van der Waals surface area contributed by atoms with Crippen LogP contribution in [0.25, 0.3) is 0 Å². The van der Waals surface area contributed by atoms with Crippen LogP contribution >= 0.6 is 11.6 Å². The van der Waals surface area contributed by atoms with E-state index in [-0.39, 0.29) is 0 Å². The van der Waals surface area contributed by atoms with Crippen molar-refractivity contribution in [3.8, 4) is 11.8 Å². The molecule has 2 aromatic rings. The van der Waals surface area contributed by atoms with Crippen LogP contribution in [0, 0.1) is 11.3 Å². The lowest BCUT2D eigenvalue weighted by atomic mass is 10.0. The Bertz CT molecular complexity index is 617. The van der Waals surface area contributed by atoms with Crippen LogP contribution in [0.4, 0.5) is 0 Å². The zero-order valence-corrected chi connectivity index (χ0v) is 11.1. The summed E-state index contributed by atoms with van der Waals surface area (Å²) in [5.41, 5.74) is 1.96. The van der Waals surface area contributed by atoms with E-state index in [0.717, 1.165) is 0 Å². The molecule has 2 aromatic carbocycles. The molecule has 0 bridgehead atoms. The Hall–Kier alpha value is -2.02. The standard InChI is InChI=1S/C15H12ClNO2/c1-19-14-8-12(6-7-13(14)16)15(18)11-4-2-10(9-17)3-5-11/h2-8,15,18H,1H3. The van der Waals surface area contributed by atoms with Crippen LogP contribution in [0.3, 0.4) is 0 Å². The summed E-state index contributed by atoms with van der Waals surface area (Å²) >= 11 is 5.94. The monoisotopic (exact) mass is 273 g/mol. The van der Waals surface area contributed by atoms with E-state index in [2.05, 4.69) is 0 Å². The van der Waals surface area contributed by atoms with Gasteiger partial charge in [0.25, 0.3) is 0 Å². The average molecular weight is 274 g/mol. The Morgan fingerprint density at radius 2 is 1.79 bits per heavy atom. The van der Waals surface area contributed by atoms with E-state index in [0.29, 0.717) is 27.5 Å². The molecule has 0 aromatic heterocycles. The van der Waals surface area contributed by atoms with E-state index in [1.807, 2.05) is 6.07 Å². The van der Waals surface area contributed by atoms with Gasteiger partial charge in [-0.25, -0.2) is 0 Å². The van der Waals surface area contributed by atoms with Crippen LogP contribution in [0.1, 0.15) is 22.8 Å². The van der Waals surface area contributed by atoms with Gasteiger partial charge in [0.15, 0.2) is 0 Å². The molecule has 1 N–H and O–H groups in total. The second-order valence-electron chi connectivity index (χ2n) is 4.03. The maximum Gasteiger partial charge on any atom is 0.137 e. The fourth-order valence-electron chi connectivity index (χ4n) is 1.78. The molecule has 0 amide bonds. The predicted molar refractivity (Wildman–Crippen MR) is 73.2 cm³/mol. The van der Waals surface area contributed by atoms with Crippen molar-refractivity contribution in [2.75, 3.05) is 7.11 Å². The number of nitrogens with zero attached hydrogens (tertiary/aromatic N) is 1. The summed E-state index contributed by atoms with van der Waals surface area (Å²) in [7, 11) is 1.53. The molecule has 0 saturated carbocycles.